The van der Waals surface area contributed by atoms with Crippen molar-refractivity contribution in [2.75, 3.05) is 19.6 Å². The Morgan fingerprint density at radius 2 is 1.87 bits per heavy atom. The summed E-state index contributed by atoms with van der Waals surface area (Å²) in [6.07, 6.45) is 7.33. The average molecular weight is 437 g/mol. The molecule has 1 saturated heterocycles. The molecule has 0 unspecified atom stereocenters. The SMILES string of the molecule is O=C(NCCc1ccccc1Cl)C1CCN(C(=O)c2cccn2-c2cccnc2)CC1. The second kappa shape index (κ2) is 9.79. The zero-order chi connectivity index (χ0) is 21.6. The van der Waals surface area contributed by atoms with Crippen molar-refractivity contribution in [3.63, 3.8) is 0 Å². The molecule has 3 aromatic rings. The molecule has 1 aliphatic rings. The van der Waals surface area contributed by atoms with Crippen LogP contribution in [0.25, 0.3) is 5.69 Å². The molecule has 1 N–H and O–H groups in total. The number of likely N-dealkylation sites (tertiary alicyclic amines) is 1. The number of nitrogens with one attached hydrogen (secondary N) is 1. The smallest absolute Gasteiger partial charge is 0.270 e. The quantitative estimate of drug-likeness (QED) is 0.640. The first-order valence-electron chi connectivity index (χ1n) is 10.5. The van der Waals surface area contributed by atoms with E-state index in [0.717, 1.165) is 16.3 Å². The molecule has 3 heterocycles. The summed E-state index contributed by atoms with van der Waals surface area (Å²) in [7, 11) is 0. The molecule has 0 aliphatic carbocycles. The van der Waals surface area contributed by atoms with Gasteiger partial charge < -0.3 is 14.8 Å². The van der Waals surface area contributed by atoms with Gasteiger partial charge in [0, 0.05) is 43.0 Å². The number of aromatic nitrogens is 2. The molecule has 0 spiro atoms. The monoisotopic (exact) mass is 436 g/mol. The number of pyridine rings is 1. The lowest BCUT2D eigenvalue weighted by Crippen LogP contribution is -2.43. The van der Waals surface area contributed by atoms with Gasteiger partial charge in [0.05, 0.1) is 11.9 Å². The van der Waals surface area contributed by atoms with E-state index in [0.29, 0.717) is 44.6 Å². The van der Waals surface area contributed by atoms with Crippen LogP contribution < -0.4 is 5.32 Å². The van der Waals surface area contributed by atoms with Gasteiger partial charge in [-0.25, -0.2) is 0 Å². The van der Waals surface area contributed by atoms with Gasteiger partial charge in [0.25, 0.3) is 5.91 Å². The molecule has 0 radical (unpaired) electrons. The first-order valence-corrected chi connectivity index (χ1v) is 10.9. The molecule has 0 saturated carbocycles. The largest absolute Gasteiger partial charge is 0.356 e. The van der Waals surface area contributed by atoms with Crippen LogP contribution in [0.15, 0.2) is 67.1 Å². The Kier molecular flexibility index (Phi) is 6.67. The van der Waals surface area contributed by atoms with Crippen LogP contribution in [-0.2, 0) is 11.2 Å². The van der Waals surface area contributed by atoms with Gasteiger partial charge >= 0.3 is 0 Å². The van der Waals surface area contributed by atoms with E-state index in [4.69, 9.17) is 11.6 Å². The fraction of sp³-hybridized carbons (Fsp3) is 0.292. The van der Waals surface area contributed by atoms with Crippen molar-refractivity contribution in [3.8, 4) is 5.69 Å². The van der Waals surface area contributed by atoms with E-state index in [9.17, 15) is 9.59 Å². The fourth-order valence-electron chi connectivity index (χ4n) is 3.95. The third-order valence-corrected chi connectivity index (χ3v) is 6.07. The number of nitrogens with zero attached hydrogens (tertiary/aromatic N) is 3. The van der Waals surface area contributed by atoms with Crippen molar-refractivity contribution in [1.82, 2.24) is 19.8 Å². The summed E-state index contributed by atoms with van der Waals surface area (Å²) in [6, 6.07) is 15.1. The van der Waals surface area contributed by atoms with Crippen LogP contribution in [0.1, 0.15) is 28.9 Å². The third kappa shape index (κ3) is 4.97. The zero-order valence-corrected chi connectivity index (χ0v) is 18.0. The Balaban J connectivity index is 1.29. The molecular formula is C24H25ClN4O2. The molecule has 0 atom stereocenters. The maximum Gasteiger partial charge on any atom is 0.270 e. The highest BCUT2D eigenvalue weighted by Crippen LogP contribution is 2.21. The number of rotatable bonds is 6. The Bertz CT molecular complexity index is 1040. The number of benzene rings is 1. The van der Waals surface area contributed by atoms with Crippen molar-refractivity contribution in [1.29, 1.82) is 0 Å². The van der Waals surface area contributed by atoms with Gasteiger partial charge in [0.2, 0.25) is 5.91 Å². The van der Waals surface area contributed by atoms with Crippen molar-refractivity contribution in [2.45, 2.75) is 19.3 Å². The highest BCUT2D eigenvalue weighted by Gasteiger charge is 2.28. The number of amides is 2. The summed E-state index contributed by atoms with van der Waals surface area (Å²) in [6.45, 7) is 1.69. The summed E-state index contributed by atoms with van der Waals surface area (Å²) in [5.41, 5.74) is 2.49. The minimum Gasteiger partial charge on any atom is -0.356 e. The lowest BCUT2D eigenvalue weighted by Gasteiger charge is -2.31. The van der Waals surface area contributed by atoms with Crippen molar-refractivity contribution in [2.24, 2.45) is 5.92 Å². The number of hydrogen-bond donors (Lipinski definition) is 1. The van der Waals surface area contributed by atoms with E-state index in [1.54, 1.807) is 12.4 Å². The first kappa shape index (κ1) is 21.1. The van der Waals surface area contributed by atoms with Crippen molar-refractivity contribution >= 4 is 23.4 Å². The van der Waals surface area contributed by atoms with E-state index in [2.05, 4.69) is 10.3 Å². The molecule has 1 aliphatic heterocycles. The van der Waals surface area contributed by atoms with E-state index < -0.39 is 0 Å². The van der Waals surface area contributed by atoms with Crippen LogP contribution in [0.4, 0.5) is 0 Å². The van der Waals surface area contributed by atoms with Gasteiger partial charge in [-0.15, -0.1) is 0 Å². The highest BCUT2D eigenvalue weighted by molar-refractivity contribution is 6.31. The van der Waals surface area contributed by atoms with Crippen LogP contribution in [0.5, 0.6) is 0 Å². The number of hydrogen-bond acceptors (Lipinski definition) is 3. The second-order valence-corrected chi connectivity index (χ2v) is 8.08. The van der Waals surface area contributed by atoms with Crippen LogP contribution in [-0.4, -0.2) is 45.9 Å². The highest BCUT2D eigenvalue weighted by atomic mass is 35.5. The first-order chi connectivity index (χ1) is 15.1. The van der Waals surface area contributed by atoms with Crippen LogP contribution in [0, 0.1) is 5.92 Å². The second-order valence-electron chi connectivity index (χ2n) is 7.67. The molecule has 6 nitrogen and oxygen atoms in total. The summed E-state index contributed by atoms with van der Waals surface area (Å²) in [4.78, 5) is 31.6. The predicted octanol–water partition coefficient (Wildman–Crippen LogP) is 3.74. The van der Waals surface area contributed by atoms with Crippen LogP contribution in [0.2, 0.25) is 5.02 Å². The molecule has 4 rings (SSSR count). The van der Waals surface area contributed by atoms with Gasteiger partial charge in [-0.2, -0.15) is 0 Å². The normalized spacial score (nSPS) is 14.4. The summed E-state index contributed by atoms with van der Waals surface area (Å²) < 4.78 is 1.85. The van der Waals surface area contributed by atoms with Crippen molar-refractivity contribution in [3.05, 3.63) is 83.4 Å². The van der Waals surface area contributed by atoms with Gasteiger partial charge in [-0.3, -0.25) is 14.6 Å². The molecule has 31 heavy (non-hydrogen) atoms. The number of piperidine rings is 1. The van der Waals surface area contributed by atoms with E-state index >= 15 is 0 Å². The van der Waals surface area contributed by atoms with Crippen LogP contribution in [0.3, 0.4) is 0 Å². The maximum absolute atomic E-state index is 13.1. The molecule has 1 fully saturated rings. The summed E-state index contributed by atoms with van der Waals surface area (Å²) >= 11 is 6.17. The average Bonchev–Trinajstić information content (AvgIpc) is 3.30. The number of halogens is 1. The molecule has 2 amide bonds. The van der Waals surface area contributed by atoms with Crippen LogP contribution >= 0.6 is 11.6 Å². The Morgan fingerprint density at radius 3 is 2.61 bits per heavy atom. The minimum absolute atomic E-state index is 0.0218. The lowest BCUT2D eigenvalue weighted by molar-refractivity contribution is -0.126. The van der Waals surface area contributed by atoms with E-state index in [1.807, 2.05) is 64.2 Å². The fourth-order valence-corrected chi connectivity index (χ4v) is 4.18. The number of carbonyl (C=O) groups excluding carboxylic acids is 2. The van der Waals surface area contributed by atoms with Gasteiger partial charge in [-0.05, 0) is 55.2 Å². The predicted molar refractivity (Wildman–Crippen MR) is 120 cm³/mol. The van der Waals surface area contributed by atoms with Gasteiger partial charge in [0.1, 0.15) is 5.69 Å². The third-order valence-electron chi connectivity index (χ3n) is 5.70. The lowest BCUT2D eigenvalue weighted by atomic mass is 9.95. The molecular weight excluding hydrogens is 412 g/mol. The topological polar surface area (TPSA) is 67.2 Å². The summed E-state index contributed by atoms with van der Waals surface area (Å²) in [5, 5.41) is 3.74. The van der Waals surface area contributed by atoms with Gasteiger partial charge in [0.15, 0.2) is 0 Å². The van der Waals surface area contributed by atoms with E-state index in [1.165, 1.54) is 0 Å². The molecule has 2 aromatic heterocycles. The number of carbonyl (C=O) groups is 2. The Morgan fingerprint density at radius 1 is 1.06 bits per heavy atom. The Labute approximate surface area is 186 Å². The minimum atomic E-state index is -0.0691. The van der Waals surface area contributed by atoms with E-state index in [-0.39, 0.29) is 17.7 Å². The van der Waals surface area contributed by atoms with Crippen molar-refractivity contribution < 1.29 is 9.59 Å². The zero-order valence-electron chi connectivity index (χ0n) is 17.2. The summed E-state index contributed by atoms with van der Waals surface area (Å²) in [5.74, 6) is -0.0373. The maximum atomic E-state index is 13.1. The Hall–Kier alpha value is -3.12. The molecule has 0 bridgehead atoms. The standard InChI is InChI=1S/C24H25ClN4O2/c25-21-7-2-1-5-18(21)9-13-27-23(30)19-10-15-28(16-11-19)24(31)22-8-4-14-29(22)20-6-3-12-26-17-20/h1-8,12,14,17,19H,9-11,13,15-16H2,(H,27,30). The molecule has 7 heteroatoms. The molecule has 160 valence electrons. The van der Waals surface area contributed by atoms with Gasteiger partial charge in [-0.1, -0.05) is 29.8 Å². The molecule has 1 aromatic carbocycles.